The first kappa shape index (κ1) is 13.1. The van der Waals surface area contributed by atoms with Crippen molar-refractivity contribution in [3.8, 4) is 0 Å². The molecule has 0 fully saturated rings. The summed E-state index contributed by atoms with van der Waals surface area (Å²) in [5, 5.41) is 5.25. The van der Waals surface area contributed by atoms with Crippen molar-refractivity contribution >= 4 is 28.2 Å². The predicted molar refractivity (Wildman–Crippen MR) is 72.6 cm³/mol. The van der Waals surface area contributed by atoms with E-state index in [2.05, 4.69) is 32.6 Å². The topological polar surface area (TPSA) is 58.2 Å². The number of hydrogen-bond acceptors (Lipinski definition) is 2. The van der Waals surface area contributed by atoms with Gasteiger partial charge in [0, 0.05) is 17.9 Å². The highest BCUT2D eigenvalue weighted by Gasteiger charge is 2.35. The Kier molecular flexibility index (Phi) is 3.71. The number of benzene rings is 1. The van der Waals surface area contributed by atoms with E-state index in [1.165, 1.54) is 5.56 Å². The zero-order chi connectivity index (χ0) is 13.2. The molecule has 1 aromatic carbocycles. The Balaban J connectivity index is 2.25. The van der Waals surface area contributed by atoms with E-state index in [9.17, 15) is 9.59 Å². The third-order valence-corrected chi connectivity index (χ3v) is 3.82. The summed E-state index contributed by atoms with van der Waals surface area (Å²) in [5.74, 6) is 0. The first-order valence-electron chi connectivity index (χ1n) is 5.82. The molecule has 0 spiro atoms. The SMILES string of the molecule is CNC(=O)NC1(C=O)CCc2cc(Br)ccc2C1. The number of aryl methyl sites for hydroxylation is 1. The number of aldehydes is 1. The van der Waals surface area contributed by atoms with Crippen molar-refractivity contribution in [1.29, 1.82) is 0 Å². The number of rotatable bonds is 2. The lowest BCUT2D eigenvalue weighted by molar-refractivity contribution is -0.113. The molecule has 1 unspecified atom stereocenters. The van der Waals surface area contributed by atoms with Gasteiger partial charge in [-0.3, -0.25) is 0 Å². The highest BCUT2D eigenvalue weighted by atomic mass is 79.9. The molecule has 0 saturated carbocycles. The van der Waals surface area contributed by atoms with Crippen molar-refractivity contribution in [2.45, 2.75) is 24.8 Å². The highest BCUT2D eigenvalue weighted by Crippen LogP contribution is 2.29. The van der Waals surface area contributed by atoms with Crippen molar-refractivity contribution < 1.29 is 9.59 Å². The second kappa shape index (κ2) is 5.10. The number of carbonyl (C=O) groups is 2. The monoisotopic (exact) mass is 310 g/mol. The molecule has 2 N–H and O–H groups in total. The van der Waals surface area contributed by atoms with Crippen LogP contribution in [0.1, 0.15) is 17.5 Å². The maximum Gasteiger partial charge on any atom is 0.315 e. The van der Waals surface area contributed by atoms with Crippen LogP contribution < -0.4 is 10.6 Å². The molecule has 96 valence electrons. The molecule has 0 heterocycles. The van der Waals surface area contributed by atoms with Crippen molar-refractivity contribution in [1.82, 2.24) is 10.6 Å². The van der Waals surface area contributed by atoms with Crippen LogP contribution in [-0.2, 0) is 17.6 Å². The van der Waals surface area contributed by atoms with Gasteiger partial charge in [-0.05, 0) is 36.1 Å². The molecular weight excluding hydrogens is 296 g/mol. The Morgan fingerprint density at radius 2 is 2.22 bits per heavy atom. The maximum atomic E-state index is 11.4. The Morgan fingerprint density at radius 1 is 1.44 bits per heavy atom. The molecule has 0 aliphatic heterocycles. The van der Waals surface area contributed by atoms with E-state index in [1.54, 1.807) is 7.05 Å². The largest absolute Gasteiger partial charge is 0.341 e. The summed E-state index contributed by atoms with van der Waals surface area (Å²) in [7, 11) is 1.54. The fourth-order valence-electron chi connectivity index (χ4n) is 2.31. The molecule has 1 aromatic rings. The van der Waals surface area contributed by atoms with E-state index in [0.717, 1.165) is 22.7 Å². The molecular formula is C13H15BrN2O2. The smallest absolute Gasteiger partial charge is 0.315 e. The maximum absolute atomic E-state index is 11.4. The van der Waals surface area contributed by atoms with E-state index in [-0.39, 0.29) is 6.03 Å². The number of urea groups is 1. The summed E-state index contributed by atoms with van der Waals surface area (Å²) in [4.78, 5) is 22.8. The number of nitrogens with one attached hydrogen (secondary N) is 2. The molecule has 5 heteroatoms. The molecule has 0 saturated heterocycles. The summed E-state index contributed by atoms with van der Waals surface area (Å²) in [5.41, 5.74) is 1.58. The lowest BCUT2D eigenvalue weighted by Crippen LogP contribution is -2.55. The van der Waals surface area contributed by atoms with Gasteiger partial charge in [-0.25, -0.2) is 4.79 Å². The summed E-state index contributed by atoms with van der Waals surface area (Å²) in [6.45, 7) is 0. The Hall–Kier alpha value is -1.36. The summed E-state index contributed by atoms with van der Waals surface area (Å²) in [6, 6.07) is 5.72. The van der Waals surface area contributed by atoms with Gasteiger partial charge in [0.1, 0.15) is 11.8 Å². The van der Waals surface area contributed by atoms with Gasteiger partial charge < -0.3 is 15.4 Å². The molecule has 0 aromatic heterocycles. The number of amides is 2. The van der Waals surface area contributed by atoms with E-state index in [1.807, 2.05) is 12.1 Å². The average molecular weight is 311 g/mol. The molecule has 0 radical (unpaired) electrons. The fraction of sp³-hybridized carbons (Fsp3) is 0.385. The molecule has 1 atom stereocenters. The van der Waals surface area contributed by atoms with E-state index >= 15 is 0 Å². The first-order chi connectivity index (χ1) is 8.58. The standard InChI is InChI=1S/C13H15BrN2O2/c1-15-12(18)16-13(8-17)5-4-9-6-11(14)3-2-10(9)7-13/h2-3,6,8H,4-5,7H2,1H3,(H2,15,16,18). The Bertz CT molecular complexity index is 490. The number of halogens is 1. The minimum atomic E-state index is -0.777. The lowest BCUT2D eigenvalue weighted by atomic mass is 9.79. The van der Waals surface area contributed by atoms with Gasteiger partial charge in [0.15, 0.2) is 0 Å². The molecule has 1 aliphatic carbocycles. The lowest BCUT2D eigenvalue weighted by Gasteiger charge is -2.34. The second-order valence-electron chi connectivity index (χ2n) is 4.57. The minimum Gasteiger partial charge on any atom is -0.341 e. The van der Waals surface area contributed by atoms with Crippen LogP contribution >= 0.6 is 15.9 Å². The molecule has 4 nitrogen and oxygen atoms in total. The Labute approximate surface area is 114 Å². The summed E-state index contributed by atoms with van der Waals surface area (Å²) >= 11 is 3.44. The normalized spacial score (nSPS) is 21.9. The van der Waals surface area contributed by atoms with Crippen LogP contribution in [0.25, 0.3) is 0 Å². The van der Waals surface area contributed by atoms with Gasteiger partial charge in [-0.1, -0.05) is 22.0 Å². The van der Waals surface area contributed by atoms with Crippen LogP contribution in [0.15, 0.2) is 22.7 Å². The van der Waals surface area contributed by atoms with Gasteiger partial charge in [-0.2, -0.15) is 0 Å². The van der Waals surface area contributed by atoms with Crippen LogP contribution in [0.5, 0.6) is 0 Å². The number of carbonyl (C=O) groups excluding carboxylic acids is 2. The number of hydrogen-bond donors (Lipinski definition) is 2. The highest BCUT2D eigenvalue weighted by molar-refractivity contribution is 9.10. The van der Waals surface area contributed by atoms with Gasteiger partial charge in [0.05, 0.1) is 0 Å². The van der Waals surface area contributed by atoms with Crippen LogP contribution in [0.2, 0.25) is 0 Å². The Morgan fingerprint density at radius 3 is 2.89 bits per heavy atom. The van der Waals surface area contributed by atoms with E-state index in [4.69, 9.17) is 0 Å². The number of fused-ring (bicyclic) bond motifs is 1. The van der Waals surface area contributed by atoms with Gasteiger partial charge >= 0.3 is 6.03 Å². The van der Waals surface area contributed by atoms with Crippen molar-refractivity contribution in [3.05, 3.63) is 33.8 Å². The molecule has 0 bridgehead atoms. The minimum absolute atomic E-state index is 0.317. The zero-order valence-corrected chi connectivity index (χ0v) is 11.7. The van der Waals surface area contributed by atoms with Crippen LogP contribution in [0.4, 0.5) is 4.79 Å². The average Bonchev–Trinajstić information content (AvgIpc) is 2.39. The van der Waals surface area contributed by atoms with Crippen molar-refractivity contribution in [2.75, 3.05) is 7.05 Å². The second-order valence-corrected chi connectivity index (χ2v) is 5.48. The third-order valence-electron chi connectivity index (χ3n) is 3.33. The molecule has 2 rings (SSSR count). The van der Waals surface area contributed by atoms with Crippen molar-refractivity contribution in [2.24, 2.45) is 0 Å². The van der Waals surface area contributed by atoms with Crippen LogP contribution in [-0.4, -0.2) is 24.9 Å². The van der Waals surface area contributed by atoms with Crippen LogP contribution in [0.3, 0.4) is 0 Å². The summed E-state index contributed by atoms with van der Waals surface area (Å²) < 4.78 is 1.04. The molecule has 18 heavy (non-hydrogen) atoms. The van der Waals surface area contributed by atoms with E-state index < -0.39 is 5.54 Å². The molecule has 2 amide bonds. The van der Waals surface area contributed by atoms with Crippen LogP contribution in [0, 0.1) is 0 Å². The zero-order valence-electron chi connectivity index (χ0n) is 10.1. The fourth-order valence-corrected chi connectivity index (χ4v) is 2.72. The van der Waals surface area contributed by atoms with Crippen molar-refractivity contribution in [3.63, 3.8) is 0 Å². The van der Waals surface area contributed by atoms with Gasteiger partial charge in [-0.15, -0.1) is 0 Å². The quantitative estimate of drug-likeness (QED) is 0.818. The van der Waals surface area contributed by atoms with Gasteiger partial charge in [0.25, 0.3) is 0 Å². The first-order valence-corrected chi connectivity index (χ1v) is 6.61. The summed E-state index contributed by atoms with van der Waals surface area (Å²) in [6.07, 6.45) is 2.82. The molecule has 1 aliphatic rings. The van der Waals surface area contributed by atoms with E-state index in [0.29, 0.717) is 12.8 Å². The third kappa shape index (κ3) is 2.56. The van der Waals surface area contributed by atoms with Gasteiger partial charge in [0.2, 0.25) is 0 Å². The predicted octanol–water partition coefficient (Wildman–Crippen LogP) is 1.80.